The summed E-state index contributed by atoms with van der Waals surface area (Å²) in [6, 6.07) is 17.7. The monoisotopic (exact) mass is 1230 g/mol. The molecule has 1 aliphatic heterocycles. The Morgan fingerprint density at radius 3 is 1.63 bits per heavy atom. The number of rotatable bonds is 17. The lowest BCUT2D eigenvalue weighted by Crippen LogP contribution is -2.48. The van der Waals surface area contributed by atoms with Crippen molar-refractivity contribution in [2.24, 2.45) is 20.5 Å². The molecule has 2 aromatic heterocycles. The second kappa shape index (κ2) is 22.5. The van der Waals surface area contributed by atoms with Crippen LogP contribution in [0.3, 0.4) is 0 Å². The number of phenols is 2. The molecule has 0 bridgehead atoms. The minimum atomic E-state index is -5.08. The maximum atomic E-state index is 12.6. The van der Waals surface area contributed by atoms with Crippen molar-refractivity contribution in [3.63, 3.8) is 0 Å². The summed E-state index contributed by atoms with van der Waals surface area (Å²) in [5.41, 5.74) is -0.772. The summed E-state index contributed by atoms with van der Waals surface area (Å²) in [7, 11) is -19.4. The number of halogens is 2. The van der Waals surface area contributed by atoms with Gasteiger partial charge in [0.05, 0.1) is 16.3 Å². The van der Waals surface area contributed by atoms with Crippen LogP contribution in [-0.4, -0.2) is 136 Å². The number of hydrogen-bond acceptors (Lipinski definition) is 25. The van der Waals surface area contributed by atoms with E-state index in [1.165, 1.54) is 49.4 Å². The molecule has 1 saturated heterocycles. The van der Waals surface area contributed by atoms with E-state index >= 15 is 0 Å². The fraction of sp³-hybridized carbons (Fsp3) is 0.174. The quantitative estimate of drug-likeness (QED) is 0.0306. The Morgan fingerprint density at radius 1 is 0.543 bits per heavy atom. The lowest BCUT2D eigenvalue weighted by Gasteiger charge is -2.34. The number of hydrogen-bond donors (Lipinski definition) is 9. The van der Waals surface area contributed by atoms with E-state index in [-0.39, 0.29) is 90.8 Å². The van der Waals surface area contributed by atoms with Gasteiger partial charge in [-0.25, -0.2) is 0 Å². The van der Waals surface area contributed by atoms with Crippen molar-refractivity contribution in [3.05, 3.63) is 107 Å². The SMILES string of the molecule is Cc1cc(Nc2nc(Cl)nc(NCCN3CCN(c4nc(Cl)nc(Nc5cc(S(=O)(=O)O)cc6cc(C)c(N=Nc7ccccc7S(=O)(=O)O)c(O)c56)n4)CC3)n2)c2c(O)c(N=Nc3ccccc3S(=O)(=O)O)c(S(=O)(=O)O)cc2c1. The van der Waals surface area contributed by atoms with Crippen LogP contribution in [0.2, 0.25) is 10.6 Å². The number of aromatic nitrogens is 6. The summed E-state index contributed by atoms with van der Waals surface area (Å²) in [5, 5.41) is 47.4. The van der Waals surface area contributed by atoms with Crippen LogP contribution in [0.25, 0.3) is 21.5 Å². The highest BCUT2D eigenvalue weighted by Crippen LogP contribution is 2.47. The Bertz CT molecular complexity index is 4410. The van der Waals surface area contributed by atoms with Crippen molar-refractivity contribution in [1.82, 2.24) is 34.8 Å². The van der Waals surface area contributed by atoms with Crippen molar-refractivity contribution in [2.45, 2.75) is 33.4 Å². The number of nitrogens with one attached hydrogen (secondary N) is 3. The fourth-order valence-electron chi connectivity index (χ4n) is 8.51. The third-order valence-corrected chi connectivity index (χ3v) is 15.9. The lowest BCUT2D eigenvalue weighted by atomic mass is 10.0. The predicted octanol–water partition coefficient (Wildman–Crippen LogP) is 8.24. The van der Waals surface area contributed by atoms with Crippen LogP contribution in [0.5, 0.6) is 11.5 Å². The van der Waals surface area contributed by atoms with Crippen LogP contribution in [0, 0.1) is 13.8 Å². The van der Waals surface area contributed by atoms with Gasteiger partial charge in [0.25, 0.3) is 40.5 Å². The van der Waals surface area contributed by atoms with Gasteiger partial charge < -0.3 is 31.1 Å². The number of anilines is 6. The van der Waals surface area contributed by atoms with Crippen molar-refractivity contribution in [3.8, 4) is 11.5 Å². The van der Waals surface area contributed by atoms with Crippen molar-refractivity contribution >= 4 is 143 Å². The molecule has 0 unspecified atom stereocenters. The first-order chi connectivity index (χ1) is 38.1. The van der Waals surface area contributed by atoms with Crippen LogP contribution in [0.1, 0.15) is 11.1 Å². The molecular weight excluding hydrogens is 1190 g/mol. The van der Waals surface area contributed by atoms with Crippen LogP contribution in [0.15, 0.2) is 125 Å². The van der Waals surface area contributed by atoms with Crippen LogP contribution < -0.4 is 20.9 Å². The summed E-state index contributed by atoms with van der Waals surface area (Å²) >= 11 is 12.7. The molecule has 35 heteroatoms. The van der Waals surface area contributed by atoms with Gasteiger partial charge >= 0.3 is 0 Å². The van der Waals surface area contributed by atoms with Gasteiger partial charge in [0, 0.05) is 50.0 Å². The zero-order valence-electron chi connectivity index (χ0n) is 41.5. The molecule has 0 radical (unpaired) electrons. The largest absolute Gasteiger partial charge is 0.505 e. The summed E-state index contributed by atoms with van der Waals surface area (Å²) in [5.74, 6) is -1.47. The van der Waals surface area contributed by atoms with Gasteiger partial charge in [0.2, 0.25) is 34.4 Å². The molecule has 1 fully saturated rings. The third kappa shape index (κ3) is 13.1. The molecule has 81 heavy (non-hydrogen) atoms. The maximum Gasteiger partial charge on any atom is 0.296 e. The number of phenolic OH excluding ortho intramolecular Hbond substituents is 2. The number of nitrogens with zero attached hydrogens (tertiary/aromatic N) is 12. The molecule has 0 spiro atoms. The first kappa shape index (κ1) is 57.7. The number of aryl methyl sites for hydroxylation is 2. The van der Waals surface area contributed by atoms with Crippen molar-refractivity contribution in [2.75, 3.05) is 60.1 Å². The second-order valence-corrected chi connectivity index (χ2v) is 23.9. The van der Waals surface area contributed by atoms with Gasteiger partial charge in [-0.3, -0.25) is 23.1 Å². The normalized spacial score (nSPS) is 13.9. The third-order valence-electron chi connectivity index (χ3n) is 12.1. The van der Waals surface area contributed by atoms with Crippen LogP contribution >= 0.6 is 23.2 Å². The first-order valence-electron chi connectivity index (χ1n) is 23.2. The van der Waals surface area contributed by atoms with E-state index in [1.54, 1.807) is 13.0 Å². The zero-order chi connectivity index (χ0) is 58.3. The molecule has 0 saturated carbocycles. The zero-order valence-corrected chi connectivity index (χ0v) is 46.3. The minimum absolute atomic E-state index is 0.0291. The molecule has 29 nitrogen and oxygen atoms in total. The Hall–Kier alpha value is -7.96. The Kier molecular flexibility index (Phi) is 16.1. The Morgan fingerprint density at radius 2 is 1.05 bits per heavy atom. The summed E-state index contributed by atoms with van der Waals surface area (Å²) in [4.78, 5) is 27.0. The summed E-state index contributed by atoms with van der Waals surface area (Å²) in [6.45, 7) is 5.65. The molecule has 1 aliphatic rings. The van der Waals surface area contributed by atoms with Gasteiger partial charge in [-0.15, -0.1) is 20.5 Å². The standard InChI is InChI=1S/C46H41Cl2N15O14S4/c1-23-17-25-21-34(81(75,76)77)38(61-59-29-8-4-6-10-33(29)80(72,73)74)40(65)35(25)30(18-23)50-44-53-41(47)52-43(56-44)49-11-12-62-13-15-63(16-14-62)46-55-42(48)54-45(57-46)51-31-22-27(78(66,67)68)20-26-19-24(2)37(39(64)36(26)31)60-58-28-7-3-5-9-32(28)79(69,70)71/h3-10,17-22,64-65H,11-16H2,1-2H3,(H,66,67,68)(H,69,70,71)(H,72,73,74)(H,75,76,77)(H,51,54,55,57)(H2,49,50,52,53,56). The first-order valence-corrected chi connectivity index (χ1v) is 29.7. The minimum Gasteiger partial charge on any atom is -0.505 e. The van der Waals surface area contributed by atoms with E-state index in [1.807, 2.05) is 4.90 Å². The second-order valence-electron chi connectivity index (χ2n) is 17.7. The lowest BCUT2D eigenvalue weighted by molar-refractivity contribution is 0.266. The van der Waals surface area contributed by atoms with Gasteiger partial charge in [-0.1, -0.05) is 30.3 Å². The summed E-state index contributed by atoms with van der Waals surface area (Å²) < 4.78 is 138. The highest BCUT2D eigenvalue weighted by Gasteiger charge is 2.27. The average Bonchev–Trinajstić information content (AvgIpc) is 3.33. The molecule has 8 aromatic rings. The Labute approximate surface area is 469 Å². The average molecular weight is 1230 g/mol. The van der Waals surface area contributed by atoms with E-state index < -0.39 is 82.9 Å². The van der Waals surface area contributed by atoms with E-state index in [0.717, 1.165) is 36.4 Å². The van der Waals surface area contributed by atoms with E-state index in [9.17, 15) is 62.1 Å². The molecule has 0 aliphatic carbocycles. The maximum absolute atomic E-state index is 12.6. The number of azo groups is 2. The van der Waals surface area contributed by atoms with Crippen LogP contribution in [0.4, 0.5) is 57.9 Å². The highest BCUT2D eigenvalue weighted by atomic mass is 35.5. The number of piperazine rings is 1. The molecule has 9 rings (SSSR count). The molecular formula is C46H41Cl2N15O14S4. The van der Waals surface area contributed by atoms with Gasteiger partial charge in [-0.2, -0.15) is 63.6 Å². The molecule has 9 N–H and O–H groups in total. The summed E-state index contributed by atoms with van der Waals surface area (Å²) in [6.07, 6.45) is 0. The van der Waals surface area contributed by atoms with Crippen molar-refractivity contribution < 1.29 is 62.1 Å². The molecule has 0 atom stereocenters. The van der Waals surface area contributed by atoms with E-state index in [2.05, 4.69) is 71.2 Å². The van der Waals surface area contributed by atoms with Gasteiger partial charge in [0.15, 0.2) is 11.5 Å². The van der Waals surface area contributed by atoms with E-state index in [0.29, 0.717) is 38.3 Å². The molecule has 6 aromatic carbocycles. The number of benzene rings is 6. The highest BCUT2D eigenvalue weighted by molar-refractivity contribution is 7.86. The predicted molar refractivity (Wildman–Crippen MR) is 295 cm³/mol. The smallest absolute Gasteiger partial charge is 0.296 e. The number of fused-ring (bicyclic) bond motifs is 2. The van der Waals surface area contributed by atoms with Gasteiger partial charge in [-0.05, 0) is 114 Å². The van der Waals surface area contributed by atoms with E-state index in [4.69, 9.17) is 23.2 Å². The fourth-order valence-corrected chi connectivity index (χ4v) is 11.3. The van der Waals surface area contributed by atoms with Crippen LogP contribution in [-0.2, 0) is 40.5 Å². The van der Waals surface area contributed by atoms with Gasteiger partial charge in [0.1, 0.15) is 37.4 Å². The molecule has 0 amide bonds. The topological polar surface area (TPSA) is 427 Å². The Balaban J connectivity index is 0.895. The molecule has 422 valence electrons. The van der Waals surface area contributed by atoms with Crippen molar-refractivity contribution in [1.29, 1.82) is 0 Å². The number of aromatic hydroxyl groups is 2. The molecule has 3 heterocycles.